The predicted octanol–water partition coefficient (Wildman–Crippen LogP) is 2.52. The van der Waals surface area contributed by atoms with Gasteiger partial charge in [-0.1, -0.05) is 12.1 Å². The quantitative estimate of drug-likeness (QED) is 0.730. The number of carbonyl (C=O) groups is 1. The maximum atomic E-state index is 13.1. The molecular formula is C14H20FNO2. The van der Waals surface area contributed by atoms with E-state index in [0.717, 1.165) is 25.1 Å². The Labute approximate surface area is 108 Å². The Morgan fingerprint density at radius 2 is 2.17 bits per heavy atom. The third-order valence-corrected chi connectivity index (χ3v) is 2.82. The molecule has 1 rings (SSSR count). The number of hydrogen-bond donors (Lipinski definition) is 0. The first kappa shape index (κ1) is 14.6. The van der Waals surface area contributed by atoms with Crippen LogP contribution in [-0.2, 0) is 16.1 Å². The van der Waals surface area contributed by atoms with E-state index in [2.05, 4.69) is 9.64 Å². The van der Waals surface area contributed by atoms with Gasteiger partial charge >= 0.3 is 5.97 Å². The molecule has 0 saturated heterocycles. The van der Waals surface area contributed by atoms with Gasteiger partial charge in [0.05, 0.1) is 7.11 Å². The molecule has 0 saturated carbocycles. The highest BCUT2D eigenvalue weighted by atomic mass is 19.1. The standard InChI is InChI=1S/C14H20FNO2/c1-11-9-12(6-7-13(11)15)10-16(2)8-4-5-14(17)18-3/h6-7,9H,4-5,8,10H2,1-3H3. The molecule has 0 amide bonds. The number of nitrogens with zero attached hydrogens (tertiary/aromatic N) is 1. The van der Waals surface area contributed by atoms with Crippen LogP contribution in [-0.4, -0.2) is 31.6 Å². The van der Waals surface area contributed by atoms with Crippen molar-refractivity contribution in [1.29, 1.82) is 0 Å². The second-order valence-corrected chi connectivity index (χ2v) is 4.50. The molecule has 0 spiro atoms. The minimum Gasteiger partial charge on any atom is -0.469 e. The van der Waals surface area contributed by atoms with Gasteiger partial charge in [-0.15, -0.1) is 0 Å². The molecule has 0 aromatic heterocycles. The van der Waals surface area contributed by atoms with Crippen LogP contribution in [0.1, 0.15) is 24.0 Å². The molecule has 0 fully saturated rings. The number of ether oxygens (including phenoxy) is 1. The van der Waals surface area contributed by atoms with Crippen molar-refractivity contribution in [3.05, 3.63) is 35.1 Å². The normalized spacial score (nSPS) is 10.7. The second-order valence-electron chi connectivity index (χ2n) is 4.50. The van der Waals surface area contributed by atoms with Gasteiger partial charge in [0.2, 0.25) is 0 Å². The lowest BCUT2D eigenvalue weighted by Crippen LogP contribution is -2.20. The number of benzene rings is 1. The first-order valence-corrected chi connectivity index (χ1v) is 6.03. The highest BCUT2D eigenvalue weighted by Crippen LogP contribution is 2.11. The van der Waals surface area contributed by atoms with Crippen LogP contribution in [0, 0.1) is 12.7 Å². The minimum absolute atomic E-state index is 0.174. The third-order valence-electron chi connectivity index (χ3n) is 2.82. The molecule has 100 valence electrons. The van der Waals surface area contributed by atoms with Crippen molar-refractivity contribution in [3.63, 3.8) is 0 Å². The molecule has 1 aromatic rings. The van der Waals surface area contributed by atoms with E-state index in [0.29, 0.717) is 12.0 Å². The topological polar surface area (TPSA) is 29.5 Å². The number of methoxy groups -OCH3 is 1. The van der Waals surface area contributed by atoms with E-state index < -0.39 is 0 Å². The van der Waals surface area contributed by atoms with E-state index in [-0.39, 0.29) is 11.8 Å². The molecule has 3 nitrogen and oxygen atoms in total. The molecule has 0 atom stereocenters. The minimum atomic E-state index is -0.180. The summed E-state index contributed by atoms with van der Waals surface area (Å²) in [6.45, 7) is 3.32. The van der Waals surface area contributed by atoms with Gasteiger partial charge < -0.3 is 9.64 Å². The Kier molecular flexibility index (Phi) is 5.78. The highest BCUT2D eigenvalue weighted by molar-refractivity contribution is 5.69. The molecule has 0 aliphatic heterocycles. The van der Waals surface area contributed by atoms with Crippen LogP contribution in [0.4, 0.5) is 4.39 Å². The summed E-state index contributed by atoms with van der Waals surface area (Å²) in [5.41, 5.74) is 1.74. The van der Waals surface area contributed by atoms with E-state index in [9.17, 15) is 9.18 Å². The van der Waals surface area contributed by atoms with Crippen LogP contribution < -0.4 is 0 Å². The smallest absolute Gasteiger partial charge is 0.305 e. The summed E-state index contributed by atoms with van der Waals surface area (Å²) >= 11 is 0. The van der Waals surface area contributed by atoms with Gasteiger partial charge in [0.25, 0.3) is 0 Å². The second kappa shape index (κ2) is 7.11. The van der Waals surface area contributed by atoms with Crippen molar-refractivity contribution in [2.24, 2.45) is 0 Å². The molecule has 1 aromatic carbocycles. The van der Waals surface area contributed by atoms with Crippen LogP contribution in [0.3, 0.4) is 0 Å². The van der Waals surface area contributed by atoms with E-state index in [1.54, 1.807) is 13.0 Å². The Balaban J connectivity index is 2.37. The summed E-state index contributed by atoms with van der Waals surface area (Å²) in [6.07, 6.45) is 1.20. The molecule has 0 aliphatic carbocycles. The predicted molar refractivity (Wildman–Crippen MR) is 68.7 cm³/mol. The lowest BCUT2D eigenvalue weighted by molar-refractivity contribution is -0.140. The molecule has 0 heterocycles. The summed E-state index contributed by atoms with van der Waals surface area (Å²) in [6, 6.07) is 5.14. The van der Waals surface area contributed by atoms with Crippen molar-refractivity contribution >= 4 is 5.97 Å². The highest BCUT2D eigenvalue weighted by Gasteiger charge is 2.05. The monoisotopic (exact) mass is 253 g/mol. The average Bonchev–Trinajstić information content (AvgIpc) is 2.33. The van der Waals surface area contributed by atoms with Crippen LogP contribution in [0.25, 0.3) is 0 Å². The van der Waals surface area contributed by atoms with Gasteiger partial charge in [-0.05, 0) is 44.1 Å². The summed E-state index contributed by atoms with van der Waals surface area (Å²) in [4.78, 5) is 13.1. The van der Waals surface area contributed by atoms with E-state index in [1.807, 2.05) is 13.1 Å². The number of halogens is 1. The lowest BCUT2D eigenvalue weighted by atomic mass is 10.1. The van der Waals surface area contributed by atoms with Gasteiger partial charge in [-0.25, -0.2) is 4.39 Å². The van der Waals surface area contributed by atoms with Gasteiger partial charge in [0, 0.05) is 13.0 Å². The molecule has 0 N–H and O–H groups in total. The van der Waals surface area contributed by atoms with Crippen molar-refractivity contribution in [2.45, 2.75) is 26.3 Å². The first-order valence-electron chi connectivity index (χ1n) is 6.03. The zero-order chi connectivity index (χ0) is 13.5. The first-order chi connectivity index (χ1) is 8.52. The largest absolute Gasteiger partial charge is 0.469 e. The van der Waals surface area contributed by atoms with Crippen molar-refractivity contribution in [2.75, 3.05) is 20.7 Å². The fraction of sp³-hybridized carbons (Fsp3) is 0.500. The maximum absolute atomic E-state index is 13.1. The number of rotatable bonds is 6. The van der Waals surface area contributed by atoms with Gasteiger partial charge in [-0.2, -0.15) is 0 Å². The summed E-state index contributed by atoms with van der Waals surface area (Å²) in [5, 5.41) is 0. The third kappa shape index (κ3) is 4.84. The van der Waals surface area contributed by atoms with Crippen molar-refractivity contribution in [1.82, 2.24) is 4.90 Å². The van der Waals surface area contributed by atoms with Crippen molar-refractivity contribution < 1.29 is 13.9 Å². The summed E-state index contributed by atoms with van der Waals surface area (Å²) in [7, 11) is 3.38. The molecular weight excluding hydrogens is 233 g/mol. The number of carbonyl (C=O) groups excluding carboxylic acids is 1. The Morgan fingerprint density at radius 1 is 1.44 bits per heavy atom. The molecule has 0 aliphatic rings. The van der Waals surface area contributed by atoms with Crippen LogP contribution in [0.15, 0.2) is 18.2 Å². The van der Waals surface area contributed by atoms with Crippen LogP contribution >= 0.6 is 0 Å². The van der Waals surface area contributed by atoms with Crippen LogP contribution in [0.5, 0.6) is 0 Å². The SMILES string of the molecule is COC(=O)CCCN(C)Cc1ccc(F)c(C)c1. The van der Waals surface area contributed by atoms with Gasteiger partial charge in [-0.3, -0.25) is 4.79 Å². The van der Waals surface area contributed by atoms with E-state index >= 15 is 0 Å². The maximum Gasteiger partial charge on any atom is 0.305 e. The summed E-state index contributed by atoms with van der Waals surface area (Å²) in [5.74, 6) is -0.354. The van der Waals surface area contributed by atoms with Gasteiger partial charge in [0.1, 0.15) is 5.82 Å². The van der Waals surface area contributed by atoms with E-state index in [1.165, 1.54) is 13.2 Å². The fourth-order valence-electron chi connectivity index (χ4n) is 1.79. The Hall–Kier alpha value is -1.42. The van der Waals surface area contributed by atoms with Gasteiger partial charge in [0.15, 0.2) is 0 Å². The molecule has 0 radical (unpaired) electrons. The molecule has 0 bridgehead atoms. The molecule has 4 heteroatoms. The summed E-state index contributed by atoms with van der Waals surface area (Å²) < 4.78 is 17.7. The number of hydrogen-bond acceptors (Lipinski definition) is 3. The van der Waals surface area contributed by atoms with Crippen LogP contribution in [0.2, 0.25) is 0 Å². The Bertz CT molecular complexity index is 407. The fourth-order valence-corrected chi connectivity index (χ4v) is 1.79. The van der Waals surface area contributed by atoms with Crippen molar-refractivity contribution in [3.8, 4) is 0 Å². The molecule has 0 unspecified atom stereocenters. The van der Waals surface area contributed by atoms with E-state index in [4.69, 9.17) is 0 Å². The Morgan fingerprint density at radius 3 is 2.78 bits per heavy atom. The molecule has 18 heavy (non-hydrogen) atoms. The lowest BCUT2D eigenvalue weighted by Gasteiger charge is -2.16. The zero-order valence-corrected chi connectivity index (χ0v) is 11.2. The zero-order valence-electron chi connectivity index (χ0n) is 11.2. The number of aryl methyl sites for hydroxylation is 1. The average molecular weight is 253 g/mol. The number of esters is 1.